The second-order valence-corrected chi connectivity index (χ2v) is 5.43. The Morgan fingerprint density at radius 2 is 2.24 bits per heavy atom. The van der Waals surface area contributed by atoms with Crippen LogP contribution in [0.2, 0.25) is 0 Å². The summed E-state index contributed by atoms with van der Waals surface area (Å²) in [6.45, 7) is 5.01. The first-order chi connectivity index (χ1) is 10.2. The first-order valence-corrected chi connectivity index (χ1v) is 7.21. The van der Waals surface area contributed by atoms with Crippen LogP contribution in [0.5, 0.6) is 0 Å². The number of fused-ring (bicyclic) bond motifs is 1. The van der Waals surface area contributed by atoms with E-state index in [-0.39, 0.29) is 0 Å². The van der Waals surface area contributed by atoms with E-state index in [1.165, 1.54) is 0 Å². The molecule has 5 heteroatoms. The molecule has 2 heterocycles. The van der Waals surface area contributed by atoms with E-state index in [0.717, 1.165) is 36.5 Å². The van der Waals surface area contributed by atoms with Gasteiger partial charge in [0.2, 0.25) is 0 Å². The highest BCUT2D eigenvalue weighted by Gasteiger charge is 2.30. The topological polar surface area (TPSA) is 58.4 Å². The number of benzene rings is 1. The molecule has 21 heavy (non-hydrogen) atoms. The van der Waals surface area contributed by atoms with Crippen molar-refractivity contribution in [2.75, 3.05) is 6.54 Å². The van der Waals surface area contributed by atoms with Crippen molar-refractivity contribution >= 4 is 5.97 Å². The van der Waals surface area contributed by atoms with E-state index in [2.05, 4.69) is 21.4 Å². The van der Waals surface area contributed by atoms with E-state index in [9.17, 15) is 9.90 Å². The monoisotopic (exact) mass is 285 g/mol. The van der Waals surface area contributed by atoms with Crippen molar-refractivity contribution in [1.82, 2.24) is 14.5 Å². The molecule has 0 saturated carbocycles. The largest absolute Gasteiger partial charge is 0.481 e. The maximum Gasteiger partial charge on any atom is 0.312 e. The van der Waals surface area contributed by atoms with Crippen molar-refractivity contribution in [1.29, 1.82) is 0 Å². The summed E-state index contributed by atoms with van der Waals surface area (Å²) in [5.74, 6) is -1.20. The zero-order chi connectivity index (χ0) is 14.8. The van der Waals surface area contributed by atoms with Crippen molar-refractivity contribution < 1.29 is 9.90 Å². The van der Waals surface area contributed by atoms with Crippen LogP contribution in [0.15, 0.2) is 36.8 Å². The Morgan fingerprint density at radius 1 is 1.43 bits per heavy atom. The third-order valence-corrected chi connectivity index (χ3v) is 4.09. The van der Waals surface area contributed by atoms with Gasteiger partial charge >= 0.3 is 5.97 Å². The average molecular weight is 285 g/mol. The fourth-order valence-electron chi connectivity index (χ4n) is 3.01. The molecule has 0 spiro atoms. The van der Waals surface area contributed by atoms with Gasteiger partial charge in [0.05, 0.1) is 17.9 Å². The quantitative estimate of drug-likeness (QED) is 0.934. The lowest BCUT2D eigenvalue weighted by molar-refractivity contribution is -0.139. The van der Waals surface area contributed by atoms with E-state index in [1.54, 1.807) is 0 Å². The Balaban J connectivity index is 1.85. The number of aliphatic carboxylic acids is 1. The third kappa shape index (κ3) is 2.69. The number of carboxylic acid groups (broad SMARTS) is 1. The molecule has 0 saturated heterocycles. The van der Waals surface area contributed by atoms with E-state index >= 15 is 0 Å². The number of aryl methyl sites for hydroxylation is 1. The second-order valence-electron chi connectivity index (χ2n) is 5.43. The molecular formula is C16H19N3O2. The maximum absolute atomic E-state index is 11.5. The highest BCUT2D eigenvalue weighted by atomic mass is 16.4. The Kier molecular flexibility index (Phi) is 3.75. The van der Waals surface area contributed by atoms with Crippen molar-refractivity contribution in [3.63, 3.8) is 0 Å². The molecule has 0 fully saturated rings. The summed E-state index contributed by atoms with van der Waals surface area (Å²) in [6, 6.07) is 7.84. The molecule has 2 aromatic rings. The maximum atomic E-state index is 11.5. The zero-order valence-corrected chi connectivity index (χ0v) is 12.1. The molecule has 5 nitrogen and oxygen atoms in total. The predicted molar refractivity (Wildman–Crippen MR) is 78.8 cm³/mol. The van der Waals surface area contributed by atoms with E-state index < -0.39 is 11.9 Å². The molecule has 1 aliphatic heterocycles. The van der Waals surface area contributed by atoms with Gasteiger partial charge in [0.25, 0.3) is 0 Å². The Hall–Kier alpha value is -2.14. The SMILES string of the molecule is CCn1cncc1CN1Cc2ccccc2C(C(=O)O)C1. The lowest BCUT2D eigenvalue weighted by Gasteiger charge is -2.32. The van der Waals surface area contributed by atoms with Gasteiger partial charge in [-0.25, -0.2) is 4.98 Å². The molecule has 110 valence electrons. The lowest BCUT2D eigenvalue weighted by Crippen LogP contribution is -2.36. The van der Waals surface area contributed by atoms with Crippen molar-refractivity contribution in [3.8, 4) is 0 Å². The summed E-state index contributed by atoms with van der Waals surface area (Å²) in [5, 5.41) is 9.49. The fraction of sp³-hybridized carbons (Fsp3) is 0.375. The van der Waals surface area contributed by atoms with Gasteiger partial charge in [-0.1, -0.05) is 24.3 Å². The molecule has 3 rings (SSSR count). The average Bonchev–Trinajstić information content (AvgIpc) is 2.93. The minimum absolute atomic E-state index is 0.451. The molecule has 0 aliphatic carbocycles. The number of aromatic nitrogens is 2. The van der Waals surface area contributed by atoms with Gasteiger partial charge in [0.15, 0.2) is 0 Å². The number of hydrogen-bond donors (Lipinski definition) is 1. The predicted octanol–water partition coefficient (Wildman–Crippen LogP) is 2.09. The number of nitrogens with zero attached hydrogens (tertiary/aromatic N) is 3. The van der Waals surface area contributed by atoms with Gasteiger partial charge in [-0.15, -0.1) is 0 Å². The summed E-state index contributed by atoms with van der Waals surface area (Å²) in [5.41, 5.74) is 3.19. The summed E-state index contributed by atoms with van der Waals surface area (Å²) in [7, 11) is 0. The summed E-state index contributed by atoms with van der Waals surface area (Å²) < 4.78 is 2.09. The van der Waals surface area contributed by atoms with Gasteiger partial charge in [0.1, 0.15) is 0 Å². The molecule has 0 radical (unpaired) electrons. The number of imidazole rings is 1. The van der Waals surface area contributed by atoms with E-state index in [0.29, 0.717) is 6.54 Å². The fourth-order valence-corrected chi connectivity index (χ4v) is 3.01. The van der Waals surface area contributed by atoms with Crippen LogP contribution in [0.3, 0.4) is 0 Å². The Labute approximate surface area is 123 Å². The third-order valence-electron chi connectivity index (χ3n) is 4.09. The standard InChI is InChI=1S/C16H19N3O2/c1-2-19-11-17-7-13(19)9-18-8-12-5-3-4-6-14(12)15(10-18)16(20)21/h3-7,11,15H,2,8-10H2,1H3,(H,20,21). The minimum Gasteiger partial charge on any atom is -0.481 e. The van der Waals surface area contributed by atoms with Crippen LogP contribution >= 0.6 is 0 Å². The zero-order valence-electron chi connectivity index (χ0n) is 12.1. The van der Waals surface area contributed by atoms with Crippen LogP contribution in [0.25, 0.3) is 0 Å². The van der Waals surface area contributed by atoms with Gasteiger partial charge in [-0.3, -0.25) is 9.69 Å². The van der Waals surface area contributed by atoms with E-state index in [4.69, 9.17) is 0 Å². The van der Waals surface area contributed by atoms with Crippen LogP contribution in [0.1, 0.15) is 29.7 Å². The normalized spacial score (nSPS) is 18.4. The van der Waals surface area contributed by atoms with Gasteiger partial charge in [0, 0.05) is 32.4 Å². The highest BCUT2D eigenvalue weighted by Crippen LogP contribution is 2.29. The molecule has 0 amide bonds. The highest BCUT2D eigenvalue weighted by molar-refractivity contribution is 5.77. The summed E-state index contributed by atoms with van der Waals surface area (Å²) >= 11 is 0. The lowest BCUT2D eigenvalue weighted by atomic mass is 9.90. The summed E-state index contributed by atoms with van der Waals surface area (Å²) in [6.07, 6.45) is 3.68. The van der Waals surface area contributed by atoms with Crippen LogP contribution in [-0.4, -0.2) is 32.1 Å². The van der Waals surface area contributed by atoms with Gasteiger partial charge in [-0.2, -0.15) is 0 Å². The van der Waals surface area contributed by atoms with Crippen molar-refractivity contribution in [2.45, 2.75) is 32.5 Å². The van der Waals surface area contributed by atoms with Crippen molar-refractivity contribution in [3.05, 3.63) is 53.6 Å². The molecule has 1 aliphatic rings. The van der Waals surface area contributed by atoms with E-state index in [1.807, 2.05) is 36.8 Å². The van der Waals surface area contributed by atoms with Gasteiger partial charge < -0.3 is 9.67 Å². The molecule has 1 N–H and O–H groups in total. The summed E-state index contributed by atoms with van der Waals surface area (Å²) in [4.78, 5) is 17.9. The van der Waals surface area contributed by atoms with Crippen LogP contribution in [0.4, 0.5) is 0 Å². The first-order valence-electron chi connectivity index (χ1n) is 7.21. The first kappa shape index (κ1) is 13.8. The number of carboxylic acids is 1. The van der Waals surface area contributed by atoms with Gasteiger partial charge in [-0.05, 0) is 18.1 Å². The minimum atomic E-state index is -0.754. The molecule has 1 unspecified atom stereocenters. The Morgan fingerprint density at radius 3 is 3.00 bits per heavy atom. The molecule has 1 aromatic carbocycles. The smallest absolute Gasteiger partial charge is 0.312 e. The molecular weight excluding hydrogens is 266 g/mol. The van der Waals surface area contributed by atoms with Crippen molar-refractivity contribution in [2.24, 2.45) is 0 Å². The molecule has 0 bridgehead atoms. The molecule has 1 atom stereocenters. The number of carbonyl (C=O) groups is 1. The number of rotatable bonds is 4. The van der Waals surface area contributed by atoms with Crippen LogP contribution in [0, 0.1) is 0 Å². The Bertz CT molecular complexity index is 650. The van der Waals surface area contributed by atoms with Crippen LogP contribution in [-0.2, 0) is 24.4 Å². The van der Waals surface area contributed by atoms with Crippen LogP contribution < -0.4 is 0 Å². The molecule has 1 aromatic heterocycles. The second kappa shape index (κ2) is 5.69. The number of hydrogen-bond acceptors (Lipinski definition) is 3.